The predicted molar refractivity (Wildman–Crippen MR) is 105 cm³/mol. The van der Waals surface area contributed by atoms with Crippen LogP contribution >= 0.6 is 22.7 Å². The van der Waals surface area contributed by atoms with Crippen LogP contribution in [0.3, 0.4) is 0 Å². The zero-order chi connectivity index (χ0) is 16.8. The van der Waals surface area contributed by atoms with Gasteiger partial charge < -0.3 is 10.6 Å². The van der Waals surface area contributed by atoms with Crippen molar-refractivity contribution in [3.63, 3.8) is 0 Å². The van der Waals surface area contributed by atoms with Gasteiger partial charge in [-0.3, -0.25) is 9.89 Å². The monoisotopic (exact) mass is 362 g/mol. The second-order valence-electron chi connectivity index (χ2n) is 5.97. The van der Waals surface area contributed by atoms with E-state index in [2.05, 4.69) is 51.0 Å². The van der Waals surface area contributed by atoms with Gasteiger partial charge in [-0.05, 0) is 42.0 Å². The molecule has 0 saturated carbocycles. The summed E-state index contributed by atoms with van der Waals surface area (Å²) in [6.45, 7) is 7.26. The van der Waals surface area contributed by atoms with Gasteiger partial charge in [0.1, 0.15) is 0 Å². The molecular formula is C18H26N4S2. The standard InChI is InChI=1S/C18H26N4S2/c1-3-15-4-5-16(24-15)12-21-18(19-2)20-8-10-22-9-6-17-14(13-22)7-11-23-17/h4-5,7,11H,3,6,8-10,12-13H2,1-2H3,(H2,19,20,21). The molecule has 2 N–H and O–H groups in total. The van der Waals surface area contributed by atoms with Gasteiger partial charge in [0.05, 0.1) is 6.54 Å². The Morgan fingerprint density at radius 1 is 1.25 bits per heavy atom. The molecule has 0 atom stereocenters. The molecule has 1 aliphatic heterocycles. The molecule has 0 radical (unpaired) electrons. The summed E-state index contributed by atoms with van der Waals surface area (Å²) in [5.41, 5.74) is 1.51. The van der Waals surface area contributed by atoms with Crippen molar-refractivity contribution in [2.75, 3.05) is 26.7 Å². The molecule has 0 saturated heterocycles. The molecule has 3 rings (SSSR count). The van der Waals surface area contributed by atoms with Gasteiger partial charge in [0.15, 0.2) is 5.96 Å². The number of aryl methyl sites for hydroxylation is 1. The lowest BCUT2D eigenvalue weighted by Crippen LogP contribution is -2.42. The quantitative estimate of drug-likeness (QED) is 0.613. The van der Waals surface area contributed by atoms with Crippen LogP contribution in [0, 0.1) is 0 Å². The van der Waals surface area contributed by atoms with Crippen LogP contribution in [0.15, 0.2) is 28.6 Å². The molecule has 0 aliphatic carbocycles. The van der Waals surface area contributed by atoms with Crippen molar-refractivity contribution in [2.24, 2.45) is 4.99 Å². The van der Waals surface area contributed by atoms with E-state index in [4.69, 9.17) is 0 Å². The Labute approximate surface area is 152 Å². The van der Waals surface area contributed by atoms with Crippen LogP contribution < -0.4 is 10.6 Å². The minimum absolute atomic E-state index is 0.840. The Morgan fingerprint density at radius 2 is 2.12 bits per heavy atom. The van der Waals surface area contributed by atoms with Gasteiger partial charge in [-0.25, -0.2) is 0 Å². The van der Waals surface area contributed by atoms with E-state index in [-0.39, 0.29) is 0 Å². The molecule has 6 heteroatoms. The summed E-state index contributed by atoms with van der Waals surface area (Å²) in [6.07, 6.45) is 2.30. The molecule has 0 aromatic carbocycles. The van der Waals surface area contributed by atoms with E-state index in [0.29, 0.717) is 0 Å². The summed E-state index contributed by atoms with van der Waals surface area (Å²) < 4.78 is 0. The van der Waals surface area contributed by atoms with E-state index < -0.39 is 0 Å². The molecule has 1 aliphatic rings. The maximum Gasteiger partial charge on any atom is 0.191 e. The maximum absolute atomic E-state index is 4.32. The van der Waals surface area contributed by atoms with E-state index >= 15 is 0 Å². The zero-order valence-electron chi connectivity index (χ0n) is 14.5. The maximum atomic E-state index is 4.32. The Bertz CT molecular complexity index is 674. The van der Waals surface area contributed by atoms with Crippen molar-refractivity contribution in [1.82, 2.24) is 15.5 Å². The fourth-order valence-corrected chi connectivity index (χ4v) is 4.72. The number of guanidine groups is 1. The fraction of sp³-hybridized carbons (Fsp3) is 0.500. The molecular weight excluding hydrogens is 336 g/mol. The highest BCUT2D eigenvalue weighted by Gasteiger charge is 2.16. The first-order valence-corrected chi connectivity index (χ1v) is 10.3. The highest BCUT2D eigenvalue weighted by molar-refractivity contribution is 7.12. The first-order chi connectivity index (χ1) is 11.8. The van der Waals surface area contributed by atoms with Gasteiger partial charge in [0, 0.05) is 47.9 Å². The van der Waals surface area contributed by atoms with Gasteiger partial charge in [-0.15, -0.1) is 22.7 Å². The largest absolute Gasteiger partial charge is 0.355 e. The SMILES string of the molecule is CCc1ccc(CNC(=NC)NCCN2CCc3sccc3C2)s1. The number of aliphatic imine (C=N–C) groups is 1. The van der Waals surface area contributed by atoms with Gasteiger partial charge in [-0.2, -0.15) is 0 Å². The normalized spacial score (nSPS) is 15.3. The molecule has 0 fully saturated rings. The van der Waals surface area contributed by atoms with Crippen LogP contribution in [0.1, 0.15) is 27.1 Å². The van der Waals surface area contributed by atoms with Crippen LogP contribution in [0.4, 0.5) is 0 Å². The van der Waals surface area contributed by atoms with Crippen LogP contribution in [-0.4, -0.2) is 37.5 Å². The molecule has 0 spiro atoms. The van der Waals surface area contributed by atoms with E-state index in [1.165, 1.54) is 21.7 Å². The summed E-state index contributed by atoms with van der Waals surface area (Å²) in [7, 11) is 1.83. The Hall–Kier alpha value is -1.37. The van der Waals surface area contributed by atoms with E-state index in [9.17, 15) is 0 Å². The predicted octanol–water partition coefficient (Wildman–Crippen LogP) is 3.10. The fourth-order valence-electron chi connectivity index (χ4n) is 2.93. The lowest BCUT2D eigenvalue weighted by atomic mass is 10.1. The van der Waals surface area contributed by atoms with Gasteiger partial charge in [0.2, 0.25) is 0 Å². The molecule has 2 aromatic rings. The first kappa shape index (κ1) is 17.5. The van der Waals surface area contributed by atoms with Crippen molar-refractivity contribution in [3.05, 3.63) is 43.8 Å². The second kappa shape index (κ2) is 8.65. The van der Waals surface area contributed by atoms with E-state index in [1.54, 1.807) is 4.88 Å². The highest BCUT2D eigenvalue weighted by atomic mass is 32.1. The van der Waals surface area contributed by atoms with Gasteiger partial charge >= 0.3 is 0 Å². The van der Waals surface area contributed by atoms with Gasteiger partial charge in [0.25, 0.3) is 0 Å². The summed E-state index contributed by atoms with van der Waals surface area (Å²) in [6, 6.07) is 6.69. The van der Waals surface area contributed by atoms with E-state index in [1.807, 2.05) is 29.7 Å². The zero-order valence-corrected chi connectivity index (χ0v) is 16.1. The number of rotatable bonds is 6. The van der Waals surface area contributed by atoms with Crippen molar-refractivity contribution in [2.45, 2.75) is 32.9 Å². The number of hydrogen-bond donors (Lipinski definition) is 2. The molecule has 0 bridgehead atoms. The Kier molecular flexibility index (Phi) is 6.29. The summed E-state index contributed by atoms with van der Waals surface area (Å²) >= 11 is 3.77. The number of nitrogens with zero attached hydrogens (tertiary/aromatic N) is 2. The van der Waals surface area contributed by atoms with Crippen molar-refractivity contribution in [1.29, 1.82) is 0 Å². The van der Waals surface area contributed by atoms with Crippen molar-refractivity contribution >= 4 is 28.6 Å². The summed E-state index contributed by atoms with van der Waals surface area (Å²) in [5, 5.41) is 9.05. The summed E-state index contributed by atoms with van der Waals surface area (Å²) in [5.74, 6) is 0.884. The third kappa shape index (κ3) is 4.59. The molecule has 3 heterocycles. The highest BCUT2D eigenvalue weighted by Crippen LogP contribution is 2.23. The minimum Gasteiger partial charge on any atom is -0.355 e. The number of thiophene rings is 2. The number of nitrogens with one attached hydrogen (secondary N) is 2. The lowest BCUT2D eigenvalue weighted by Gasteiger charge is -2.27. The van der Waals surface area contributed by atoms with Gasteiger partial charge in [-0.1, -0.05) is 6.92 Å². The van der Waals surface area contributed by atoms with Crippen LogP contribution in [0.25, 0.3) is 0 Å². The average Bonchev–Trinajstić information content (AvgIpc) is 3.26. The smallest absolute Gasteiger partial charge is 0.191 e. The third-order valence-corrected chi connectivity index (χ3v) is 6.58. The third-order valence-electron chi connectivity index (χ3n) is 4.33. The number of hydrogen-bond acceptors (Lipinski definition) is 4. The van der Waals surface area contributed by atoms with Crippen molar-refractivity contribution < 1.29 is 0 Å². The molecule has 4 nitrogen and oxygen atoms in total. The number of fused-ring (bicyclic) bond motifs is 1. The Morgan fingerprint density at radius 3 is 2.92 bits per heavy atom. The molecule has 0 unspecified atom stereocenters. The molecule has 24 heavy (non-hydrogen) atoms. The van der Waals surface area contributed by atoms with Crippen molar-refractivity contribution in [3.8, 4) is 0 Å². The van der Waals surface area contributed by atoms with Crippen LogP contribution in [-0.2, 0) is 25.9 Å². The Balaban J connectivity index is 1.38. The second-order valence-corrected chi connectivity index (χ2v) is 8.22. The van der Waals surface area contributed by atoms with Crippen LogP contribution in [0.5, 0.6) is 0 Å². The topological polar surface area (TPSA) is 39.7 Å². The van der Waals surface area contributed by atoms with Crippen LogP contribution in [0.2, 0.25) is 0 Å². The minimum atomic E-state index is 0.840. The first-order valence-electron chi connectivity index (χ1n) is 8.58. The molecule has 130 valence electrons. The van der Waals surface area contributed by atoms with E-state index in [0.717, 1.165) is 45.1 Å². The average molecular weight is 363 g/mol. The molecule has 0 amide bonds. The summed E-state index contributed by atoms with van der Waals surface area (Å²) in [4.78, 5) is 11.2. The molecule has 2 aromatic heterocycles. The lowest BCUT2D eigenvalue weighted by molar-refractivity contribution is 0.260.